The van der Waals surface area contributed by atoms with Crippen molar-refractivity contribution in [3.05, 3.63) is 33.1 Å². The van der Waals surface area contributed by atoms with Gasteiger partial charge in [0.25, 0.3) is 5.56 Å². The molecule has 0 saturated carbocycles. The summed E-state index contributed by atoms with van der Waals surface area (Å²) >= 11 is 0. The number of aliphatic hydroxyl groups is 3. The molecule has 0 aromatic carbocycles. The summed E-state index contributed by atoms with van der Waals surface area (Å²) in [5, 5.41) is 25.1. The van der Waals surface area contributed by atoms with Crippen LogP contribution in [-0.4, -0.2) is 43.4 Å². The molecule has 21 heavy (non-hydrogen) atoms. The quantitative estimate of drug-likeness (QED) is 0.528. The van der Waals surface area contributed by atoms with Gasteiger partial charge in [-0.15, -0.1) is 0 Å². The number of aliphatic hydroxyl groups excluding tert-OH is 1. The van der Waals surface area contributed by atoms with Crippen LogP contribution in [0.15, 0.2) is 21.9 Å². The summed E-state index contributed by atoms with van der Waals surface area (Å²) in [6.07, 6.45) is 1.47. The maximum Gasteiger partial charge on any atom is 0.330 e. The Morgan fingerprint density at radius 1 is 1.43 bits per heavy atom. The van der Waals surface area contributed by atoms with Crippen LogP contribution in [0.4, 0.5) is 0 Å². The second-order valence-corrected chi connectivity index (χ2v) is 5.56. The molecule has 8 nitrogen and oxygen atoms in total. The standard InChI is InChI=1S/C10H14N2O4.C3H8O2/c1-6-4-7(5-13)16-9(6)12-3-2-8(14)11-10(12)15;1-3(2,4)5/h2-3,6-7,9,13H,4-5H2,1H3,(H,11,14,15);4-5H,1-2H3. The molecule has 0 bridgehead atoms. The molecule has 0 spiro atoms. The van der Waals surface area contributed by atoms with Gasteiger partial charge in [0.1, 0.15) is 6.23 Å². The van der Waals surface area contributed by atoms with Crippen LogP contribution in [0.5, 0.6) is 0 Å². The number of aromatic nitrogens is 2. The van der Waals surface area contributed by atoms with Crippen LogP contribution in [0.1, 0.15) is 33.4 Å². The highest BCUT2D eigenvalue weighted by Gasteiger charge is 2.33. The van der Waals surface area contributed by atoms with E-state index in [1.54, 1.807) is 0 Å². The lowest BCUT2D eigenvalue weighted by Gasteiger charge is -2.17. The van der Waals surface area contributed by atoms with E-state index in [1.165, 1.54) is 30.7 Å². The molecule has 2 rings (SSSR count). The number of nitrogens with one attached hydrogen (secondary N) is 1. The summed E-state index contributed by atoms with van der Waals surface area (Å²) in [7, 11) is 0. The second-order valence-electron chi connectivity index (χ2n) is 5.56. The average Bonchev–Trinajstić information content (AvgIpc) is 2.68. The van der Waals surface area contributed by atoms with Crippen molar-refractivity contribution in [1.29, 1.82) is 0 Å². The molecule has 1 aromatic rings. The van der Waals surface area contributed by atoms with Crippen LogP contribution in [0.3, 0.4) is 0 Å². The van der Waals surface area contributed by atoms with Gasteiger partial charge in [-0.3, -0.25) is 14.3 Å². The molecule has 1 fully saturated rings. The van der Waals surface area contributed by atoms with E-state index in [4.69, 9.17) is 20.1 Å². The van der Waals surface area contributed by atoms with E-state index in [-0.39, 0.29) is 18.6 Å². The van der Waals surface area contributed by atoms with Gasteiger partial charge in [0.15, 0.2) is 5.79 Å². The first-order chi connectivity index (χ1) is 9.61. The fourth-order valence-electron chi connectivity index (χ4n) is 2.00. The number of hydrogen-bond donors (Lipinski definition) is 4. The molecule has 0 aliphatic carbocycles. The smallest absolute Gasteiger partial charge is 0.330 e. The Morgan fingerprint density at radius 3 is 2.43 bits per heavy atom. The Bertz CT molecular complexity index is 553. The molecule has 3 atom stereocenters. The van der Waals surface area contributed by atoms with Crippen LogP contribution < -0.4 is 11.2 Å². The monoisotopic (exact) mass is 302 g/mol. The molecule has 0 amide bonds. The summed E-state index contributed by atoms with van der Waals surface area (Å²) in [4.78, 5) is 24.6. The van der Waals surface area contributed by atoms with E-state index in [1.807, 2.05) is 6.92 Å². The zero-order valence-electron chi connectivity index (χ0n) is 12.3. The zero-order valence-corrected chi connectivity index (χ0v) is 12.3. The van der Waals surface area contributed by atoms with Crippen molar-refractivity contribution in [2.45, 2.75) is 45.3 Å². The summed E-state index contributed by atoms with van der Waals surface area (Å²) in [5.41, 5.74) is -0.909. The Balaban J connectivity index is 0.000000383. The molecule has 3 unspecified atom stereocenters. The van der Waals surface area contributed by atoms with E-state index in [0.29, 0.717) is 6.42 Å². The van der Waals surface area contributed by atoms with Gasteiger partial charge in [-0.1, -0.05) is 6.92 Å². The topological polar surface area (TPSA) is 125 Å². The van der Waals surface area contributed by atoms with Crippen LogP contribution >= 0.6 is 0 Å². The van der Waals surface area contributed by atoms with Crippen molar-refractivity contribution in [3.8, 4) is 0 Å². The number of nitrogens with zero attached hydrogens (tertiary/aromatic N) is 1. The Kier molecular flexibility index (Phi) is 5.85. The van der Waals surface area contributed by atoms with Crippen molar-refractivity contribution < 1.29 is 20.1 Å². The summed E-state index contributed by atoms with van der Waals surface area (Å²) < 4.78 is 6.87. The predicted molar refractivity (Wildman–Crippen MR) is 74.6 cm³/mol. The van der Waals surface area contributed by atoms with Gasteiger partial charge in [-0.2, -0.15) is 0 Å². The molecule has 1 aliphatic heterocycles. The Morgan fingerprint density at radius 2 is 2.00 bits per heavy atom. The van der Waals surface area contributed by atoms with Crippen molar-refractivity contribution >= 4 is 0 Å². The summed E-state index contributed by atoms with van der Waals surface area (Å²) in [6, 6.07) is 1.28. The lowest BCUT2D eigenvalue weighted by Crippen LogP contribution is -2.33. The summed E-state index contributed by atoms with van der Waals surface area (Å²) in [6.45, 7) is 4.48. The fourth-order valence-corrected chi connectivity index (χ4v) is 2.00. The molecule has 1 aliphatic rings. The molecule has 1 saturated heterocycles. The number of H-pyrrole nitrogens is 1. The predicted octanol–water partition coefficient (Wildman–Crippen LogP) is -0.840. The Hall–Kier alpha value is -1.48. The van der Waals surface area contributed by atoms with Crippen molar-refractivity contribution in [3.63, 3.8) is 0 Å². The minimum atomic E-state index is -1.50. The molecule has 2 heterocycles. The summed E-state index contributed by atoms with van der Waals surface area (Å²) in [5.74, 6) is -1.37. The van der Waals surface area contributed by atoms with Gasteiger partial charge in [0.2, 0.25) is 0 Å². The first-order valence-electron chi connectivity index (χ1n) is 6.64. The zero-order chi connectivity index (χ0) is 16.2. The molecule has 8 heteroatoms. The van der Waals surface area contributed by atoms with Gasteiger partial charge in [0, 0.05) is 18.2 Å². The maximum absolute atomic E-state index is 11.5. The highest BCUT2D eigenvalue weighted by molar-refractivity contribution is 4.87. The second kappa shape index (κ2) is 6.99. The molecule has 1 aromatic heterocycles. The van der Waals surface area contributed by atoms with Gasteiger partial charge in [-0.05, 0) is 20.3 Å². The SMILES string of the molecule is CC(C)(O)O.CC1CC(CO)OC1n1ccc(=O)[nH]c1=O. The van der Waals surface area contributed by atoms with Crippen molar-refractivity contribution in [2.75, 3.05) is 6.61 Å². The third-order valence-electron chi connectivity index (χ3n) is 2.78. The number of hydrogen-bond acceptors (Lipinski definition) is 6. The highest BCUT2D eigenvalue weighted by atomic mass is 16.5. The third-order valence-corrected chi connectivity index (χ3v) is 2.78. The van der Waals surface area contributed by atoms with Crippen LogP contribution in [0.2, 0.25) is 0 Å². The van der Waals surface area contributed by atoms with E-state index < -0.39 is 23.3 Å². The van der Waals surface area contributed by atoms with E-state index >= 15 is 0 Å². The normalized spacial score (nSPS) is 25.3. The minimum absolute atomic E-state index is 0.0566. The van der Waals surface area contributed by atoms with Gasteiger partial charge in [-0.25, -0.2) is 4.79 Å². The first-order valence-corrected chi connectivity index (χ1v) is 6.64. The van der Waals surface area contributed by atoms with Crippen LogP contribution in [-0.2, 0) is 4.74 Å². The fraction of sp³-hybridized carbons (Fsp3) is 0.692. The minimum Gasteiger partial charge on any atom is -0.394 e. The number of rotatable bonds is 2. The van der Waals surface area contributed by atoms with Gasteiger partial charge >= 0.3 is 5.69 Å². The molecule has 4 N–H and O–H groups in total. The molecule has 120 valence electrons. The van der Waals surface area contributed by atoms with Crippen molar-refractivity contribution in [1.82, 2.24) is 9.55 Å². The Labute approximate surface area is 121 Å². The van der Waals surface area contributed by atoms with Gasteiger partial charge < -0.3 is 20.1 Å². The lowest BCUT2D eigenvalue weighted by atomic mass is 10.1. The third kappa shape index (κ3) is 5.80. The lowest BCUT2D eigenvalue weighted by molar-refractivity contribution is -0.127. The maximum atomic E-state index is 11.5. The van der Waals surface area contributed by atoms with Crippen molar-refractivity contribution in [2.24, 2.45) is 5.92 Å². The van der Waals surface area contributed by atoms with E-state index in [2.05, 4.69) is 4.98 Å². The molecule has 0 radical (unpaired) electrons. The van der Waals surface area contributed by atoms with Crippen LogP contribution in [0, 0.1) is 5.92 Å². The highest BCUT2D eigenvalue weighted by Crippen LogP contribution is 2.32. The molecular formula is C13H22N2O6. The van der Waals surface area contributed by atoms with Gasteiger partial charge in [0.05, 0.1) is 12.7 Å². The number of aromatic amines is 1. The van der Waals surface area contributed by atoms with Crippen LogP contribution in [0.25, 0.3) is 0 Å². The van der Waals surface area contributed by atoms with E-state index in [0.717, 1.165) is 0 Å². The largest absolute Gasteiger partial charge is 0.394 e. The number of ether oxygens (including phenoxy) is 1. The average molecular weight is 302 g/mol. The van der Waals surface area contributed by atoms with E-state index in [9.17, 15) is 9.59 Å². The first kappa shape index (κ1) is 17.6. The molecular weight excluding hydrogens is 280 g/mol.